The molecule has 0 saturated carbocycles. The third-order valence-electron chi connectivity index (χ3n) is 2.71. The summed E-state index contributed by atoms with van der Waals surface area (Å²) in [6.07, 6.45) is 4.32. The number of methoxy groups -OCH3 is 2. The van der Waals surface area contributed by atoms with Crippen molar-refractivity contribution in [3.63, 3.8) is 0 Å². The number of amides is 1. The average Bonchev–Trinajstić information content (AvgIpc) is 2.39. The lowest BCUT2D eigenvalue weighted by molar-refractivity contribution is -0.145. The molecule has 1 atom stereocenters. The maximum atomic E-state index is 11.4. The second-order valence-electron chi connectivity index (χ2n) is 4.31. The molecule has 19 heavy (non-hydrogen) atoms. The molecule has 0 fully saturated rings. The number of carbonyl (C=O) groups is 3. The van der Waals surface area contributed by atoms with E-state index in [1.54, 1.807) is 0 Å². The molecule has 0 aliphatic rings. The largest absolute Gasteiger partial charge is 0.469 e. The zero-order valence-corrected chi connectivity index (χ0v) is 11.9. The minimum absolute atomic E-state index is 0.203. The quantitative estimate of drug-likeness (QED) is 0.504. The molecule has 0 aliphatic heterocycles. The molecule has 0 spiro atoms. The van der Waals surface area contributed by atoms with Gasteiger partial charge in [-0.15, -0.1) is 0 Å². The van der Waals surface area contributed by atoms with Gasteiger partial charge >= 0.3 is 11.9 Å². The van der Waals surface area contributed by atoms with E-state index in [9.17, 15) is 14.4 Å². The predicted octanol–water partition coefficient (Wildman–Crippen LogP) is 1.18. The molecule has 0 bridgehead atoms. The van der Waals surface area contributed by atoms with Gasteiger partial charge in [-0.2, -0.15) is 0 Å². The van der Waals surface area contributed by atoms with E-state index in [-0.39, 0.29) is 11.9 Å². The third kappa shape index (κ3) is 9.04. The molecule has 0 heterocycles. The summed E-state index contributed by atoms with van der Waals surface area (Å²) in [5.74, 6) is -0.878. The number of rotatable bonds is 9. The van der Waals surface area contributed by atoms with Gasteiger partial charge in [0.05, 0.1) is 14.2 Å². The van der Waals surface area contributed by atoms with E-state index in [4.69, 9.17) is 0 Å². The van der Waals surface area contributed by atoms with Crippen molar-refractivity contribution in [2.75, 3.05) is 14.2 Å². The number of hydrogen-bond acceptors (Lipinski definition) is 5. The van der Waals surface area contributed by atoms with Crippen molar-refractivity contribution in [2.45, 2.75) is 51.5 Å². The van der Waals surface area contributed by atoms with Gasteiger partial charge in [0, 0.05) is 13.3 Å². The summed E-state index contributed by atoms with van der Waals surface area (Å²) in [6.45, 7) is 1.37. The van der Waals surface area contributed by atoms with Crippen LogP contribution in [0.25, 0.3) is 0 Å². The monoisotopic (exact) mass is 273 g/mol. The fourth-order valence-corrected chi connectivity index (χ4v) is 1.71. The first-order chi connectivity index (χ1) is 9.01. The highest BCUT2D eigenvalue weighted by Crippen LogP contribution is 2.09. The Kier molecular flexibility index (Phi) is 9.48. The summed E-state index contributed by atoms with van der Waals surface area (Å²) >= 11 is 0. The minimum atomic E-state index is -0.580. The SMILES string of the molecule is COC(=O)CCCCCCC(NC(C)=O)C(=O)OC. The van der Waals surface area contributed by atoms with Gasteiger partial charge < -0.3 is 14.8 Å². The van der Waals surface area contributed by atoms with E-state index in [0.29, 0.717) is 12.8 Å². The Morgan fingerprint density at radius 1 is 1.00 bits per heavy atom. The Balaban J connectivity index is 3.78. The summed E-state index contributed by atoms with van der Waals surface area (Å²) in [4.78, 5) is 33.2. The van der Waals surface area contributed by atoms with Gasteiger partial charge in [0.1, 0.15) is 6.04 Å². The Morgan fingerprint density at radius 3 is 2.16 bits per heavy atom. The van der Waals surface area contributed by atoms with Crippen LogP contribution < -0.4 is 5.32 Å². The second-order valence-corrected chi connectivity index (χ2v) is 4.31. The molecule has 6 heteroatoms. The van der Waals surface area contributed by atoms with Crippen LogP contribution in [0.2, 0.25) is 0 Å². The van der Waals surface area contributed by atoms with Gasteiger partial charge in [-0.25, -0.2) is 4.79 Å². The molecule has 0 aromatic carbocycles. The lowest BCUT2D eigenvalue weighted by Crippen LogP contribution is -2.40. The number of unbranched alkanes of at least 4 members (excludes halogenated alkanes) is 3. The number of ether oxygens (including phenoxy) is 2. The van der Waals surface area contributed by atoms with Gasteiger partial charge in [-0.1, -0.05) is 19.3 Å². The molecule has 6 nitrogen and oxygen atoms in total. The van der Waals surface area contributed by atoms with Crippen molar-refractivity contribution in [3.05, 3.63) is 0 Å². The van der Waals surface area contributed by atoms with Crippen LogP contribution in [0.3, 0.4) is 0 Å². The lowest BCUT2D eigenvalue weighted by Gasteiger charge is -2.15. The van der Waals surface area contributed by atoms with E-state index in [2.05, 4.69) is 14.8 Å². The smallest absolute Gasteiger partial charge is 0.328 e. The minimum Gasteiger partial charge on any atom is -0.469 e. The average molecular weight is 273 g/mol. The molecular formula is C13H23NO5. The molecule has 1 unspecified atom stereocenters. The molecular weight excluding hydrogens is 250 g/mol. The van der Waals surface area contributed by atoms with E-state index in [0.717, 1.165) is 25.7 Å². The topological polar surface area (TPSA) is 81.7 Å². The van der Waals surface area contributed by atoms with Crippen molar-refractivity contribution in [2.24, 2.45) is 0 Å². The molecule has 1 N–H and O–H groups in total. The summed E-state index contributed by atoms with van der Waals surface area (Å²) in [5, 5.41) is 2.56. The van der Waals surface area contributed by atoms with Crippen molar-refractivity contribution >= 4 is 17.8 Å². The Labute approximate surface area is 113 Å². The normalized spacial score (nSPS) is 11.5. The zero-order valence-electron chi connectivity index (χ0n) is 11.9. The summed E-state index contributed by atoms with van der Waals surface area (Å²) in [5.41, 5.74) is 0. The molecule has 0 saturated heterocycles. The predicted molar refractivity (Wildman–Crippen MR) is 69.3 cm³/mol. The van der Waals surface area contributed by atoms with E-state index >= 15 is 0 Å². The molecule has 0 rings (SSSR count). The van der Waals surface area contributed by atoms with Crippen LogP contribution in [0.5, 0.6) is 0 Å². The highest BCUT2D eigenvalue weighted by Gasteiger charge is 2.19. The zero-order chi connectivity index (χ0) is 14.7. The van der Waals surface area contributed by atoms with Crippen LogP contribution in [0.15, 0.2) is 0 Å². The summed E-state index contributed by atoms with van der Waals surface area (Å²) in [7, 11) is 2.67. The first kappa shape index (κ1) is 17.4. The highest BCUT2D eigenvalue weighted by atomic mass is 16.5. The van der Waals surface area contributed by atoms with Crippen molar-refractivity contribution in [3.8, 4) is 0 Å². The lowest BCUT2D eigenvalue weighted by atomic mass is 10.1. The number of carbonyl (C=O) groups excluding carboxylic acids is 3. The van der Waals surface area contributed by atoms with Gasteiger partial charge in [-0.05, 0) is 12.8 Å². The van der Waals surface area contributed by atoms with Crippen LogP contribution in [0.1, 0.15) is 45.4 Å². The number of esters is 2. The fraction of sp³-hybridized carbons (Fsp3) is 0.769. The molecule has 0 aromatic heterocycles. The fourth-order valence-electron chi connectivity index (χ4n) is 1.71. The van der Waals surface area contributed by atoms with Crippen molar-refractivity contribution in [1.29, 1.82) is 0 Å². The van der Waals surface area contributed by atoms with Crippen LogP contribution in [0.4, 0.5) is 0 Å². The number of hydrogen-bond donors (Lipinski definition) is 1. The van der Waals surface area contributed by atoms with Gasteiger partial charge in [-0.3, -0.25) is 9.59 Å². The molecule has 1 amide bonds. The molecule has 0 aromatic rings. The first-order valence-corrected chi connectivity index (χ1v) is 6.43. The number of nitrogens with one attached hydrogen (secondary N) is 1. The maximum Gasteiger partial charge on any atom is 0.328 e. The first-order valence-electron chi connectivity index (χ1n) is 6.43. The highest BCUT2D eigenvalue weighted by molar-refractivity contribution is 5.83. The summed E-state index contributed by atoms with van der Waals surface area (Å²) < 4.78 is 9.16. The van der Waals surface area contributed by atoms with Gasteiger partial charge in [0.25, 0.3) is 0 Å². The Hall–Kier alpha value is -1.59. The molecule has 0 aliphatic carbocycles. The van der Waals surface area contributed by atoms with Crippen LogP contribution in [-0.2, 0) is 23.9 Å². The Morgan fingerprint density at radius 2 is 1.63 bits per heavy atom. The standard InChI is InChI=1S/C13H23NO5/c1-10(15)14-11(13(17)19-3)8-6-4-5-7-9-12(16)18-2/h11H,4-9H2,1-3H3,(H,14,15). The van der Waals surface area contributed by atoms with Crippen LogP contribution in [-0.4, -0.2) is 38.1 Å². The summed E-state index contributed by atoms with van der Waals surface area (Å²) in [6, 6.07) is -0.580. The third-order valence-corrected chi connectivity index (χ3v) is 2.71. The van der Waals surface area contributed by atoms with E-state index < -0.39 is 12.0 Å². The van der Waals surface area contributed by atoms with Crippen molar-refractivity contribution < 1.29 is 23.9 Å². The molecule has 0 radical (unpaired) electrons. The van der Waals surface area contributed by atoms with Gasteiger partial charge in [0.15, 0.2) is 0 Å². The van der Waals surface area contributed by atoms with Crippen LogP contribution in [0, 0.1) is 0 Å². The molecule has 110 valence electrons. The van der Waals surface area contributed by atoms with Crippen molar-refractivity contribution in [1.82, 2.24) is 5.32 Å². The maximum absolute atomic E-state index is 11.4. The van der Waals surface area contributed by atoms with Gasteiger partial charge in [0.2, 0.25) is 5.91 Å². The second kappa shape index (κ2) is 10.3. The Bertz CT molecular complexity index is 303. The van der Waals surface area contributed by atoms with E-state index in [1.165, 1.54) is 21.1 Å². The van der Waals surface area contributed by atoms with Crippen LogP contribution >= 0.6 is 0 Å². The van der Waals surface area contributed by atoms with E-state index in [1.807, 2.05) is 0 Å².